The number of amides is 1. The Morgan fingerprint density at radius 1 is 0.968 bits per heavy atom. The number of hydrogen-bond donors (Lipinski definition) is 1. The summed E-state index contributed by atoms with van der Waals surface area (Å²) >= 11 is 0. The summed E-state index contributed by atoms with van der Waals surface area (Å²) in [7, 11) is 1.63. The molecule has 160 valence electrons. The van der Waals surface area contributed by atoms with Gasteiger partial charge in [0.05, 0.1) is 20.3 Å². The highest BCUT2D eigenvalue weighted by Gasteiger charge is 2.29. The van der Waals surface area contributed by atoms with E-state index >= 15 is 0 Å². The van der Waals surface area contributed by atoms with Gasteiger partial charge in [0.15, 0.2) is 0 Å². The third-order valence-corrected chi connectivity index (χ3v) is 5.43. The molecule has 1 N–H and O–H groups in total. The van der Waals surface area contributed by atoms with Gasteiger partial charge in [0.25, 0.3) is 0 Å². The number of carbonyl (C=O) groups excluding carboxylic acids is 1. The largest absolute Gasteiger partial charge is 0.496 e. The van der Waals surface area contributed by atoms with Crippen molar-refractivity contribution in [3.8, 4) is 16.9 Å². The highest BCUT2D eigenvalue weighted by atomic mass is 19.1. The lowest BCUT2D eigenvalue weighted by Crippen LogP contribution is -2.43. The number of para-hydroxylation sites is 2. The first-order chi connectivity index (χ1) is 15.2. The molecule has 1 atom stereocenters. The molecule has 31 heavy (non-hydrogen) atoms. The number of morpholine rings is 1. The van der Waals surface area contributed by atoms with Crippen LogP contribution in [-0.2, 0) is 9.53 Å². The summed E-state index contributed by atoms with van der Waals surface area (Å²) in [5.74, 6) is 0.231. The minimum atomic E-state index is -0.546. The van der Waals surface area contributed by atoms with E-state index in [-0.39, 0.29) is 11.7 Å². The van der Waals surface area contributed by atoms with Gasteiger partial charge in [-0.3, -0.25) is 9.69 Å². The lowest BCUT2D eigenvalue weighted by atomic mass is 10.0. The van der Waals surface area contributed by atoms with Gasteiger partial charge in [-0.05, 0) is 29.8 Å². The summed E-state index contributed by atoms with van der Waals surface area (Å²) in [5.41, 5.74) is 3.20. The molecule has 1 saturated heterocycles. The van der Waals surface area contributed by atoms with Gasteiger partial charge < -0.3 is 14.8 Å². The normalized spacial score (nSPS) is 15.3. The van der Waals surface area contributed by atoms with Crippen molar-refractivity contribution in [2.45, 2.75) is 6.04 Å². The molecular weight excluding hydrogens is 395 g/mol. The highest BCUT2D eigenvalue weighted by molar-refractivity contribution is 5.99. The summed E-state index contributed by atoms with van der Waals surface area (Å²) in [6, 6.07) is 20.9. The number of carbonyl (C=O) groups is 1. The van der Waals surface area contributed by atoms with Gasteiger partial charge in [0.1, 0.15) is 17.6 Å². The molecule has 1 unspecified atom stereocenters. The van der Waals surface area contributed by atoms with Crippen LogP contribution in [0.2, 0.25) is 0 Å². The third-order valence-electron chi connectivity index (χ3n) is 5.43. The molecule has 0 radical (unpaired) electrons. The maximum atomic E-state index is 13.5. The second-order valence-corrected chi connectivity index (χ2v) is 7.34. The fourth-order valence-electron chi connectivity index (χ4n) is 3.90. The number of anilines is 1. The van der Waals surface area contributed by atoms with Crippen LogP contribution in [0.3, 0.4) is 0 Å². The average Bonchev–Trinajstić information content (AvgIpc) is 2.81. The first kappa shape index (κ1) is 21.0. The molecule has 1 aliphatic rings. The maximum Gasteiger partial charge on any atom is 0.246 e. The minimum Gasteiger partial charge on any atom is -0.496 e. The Morgan fingerprint density at radius 3 is 2.32 bits per heavy atom. The van der Waals surface area contributed by atoms with E-state index in [1.807, 2.05) is 48.5 Å². The Bertz CT molecular complexity index is 1030. The molecule has 6 heteroatoms. The van der Waals surface area contributed by atoms with Gasteiger partial charge in [-0.2, -0.15) is 0 Å². The summed E-state index contributed by atoms with van der Waals surface area (Å²) < 4.78 is 24.5. The second-order valence-electron chi connectivity index (χ2n) is 7.34. The summed E-state index contributed by atoms with van der Waals surface area (Å²) in [5, 5.41) is 3.10. The number of nitrogens with zero attached hydrogens (tertiary/aromatic N) is 1. The zero-order valence-corrected chi connectivity index (χ0v) is 17.4. The van der Waals surface area contributed by atoms with E-state index in [9.17, 15) is 9.18 Å². The molecule has 3 aromatic carbocycles. The van der Waals surface area contributed by atoms with Crippen LogP contribution < -0.4 is 10.1 Å². The molecule has 4 rings (SSSR count). The summed E-state index contributed by atoms with van der Waals surface area (Å²) in [6.07, 6.45) is 0. The van der Waals surface area contributed by atoms with Crippen molar-refractivity contribution in [2.24, 2.45) is 0 Å². The molecule has 5 nitrogen and oxygen atoms in total. The van der Waals surface area contributed by atoms with Crippen LogP contribution in [0.1, 0.15) is 11.6 Å². The van der Waals surface area contributed by atoms with Gasteiger partial charge in [0, 0.05) is 29.9 Å². The number of rotatable bonds is 6. The van der Waals surface area contributed by atoms with E-state index in [0.29, 0.717) is 32.0 Å². The molecule has 0 spiro atoms. The first-order valence-corrected chi connectivity index (χ1v) is 10.3. The molecule has 1 amide bonds. The second kappa shape index (κ2) is 9.73. The van der Waals surface area contributed by atoms with E-state index in [0.717, 1.165) is 22.4 Å². The van der Waals surface area contributed by atoms with Crippen molar-refractivity contribution >= 4 is 11.6 Å². The van der Waals surface area contributed by atoms with Crippen LogP contribution in [0.25, 0.3) is 11.1 Å². The molecule has 0 bridgehead atoms. The van der Waals surface area contributed by atoms with Crippen LogP contribution in [-0.4, -0.2) is 44.2 Å². The van der Waals surface area contributed by atoms with E-state index in [4.69, 9.17) is 9.47 Å². The van der Waals surface area contributed by atoms with Crippen molar-refractivity contribution in [3.63, 3.8) is 0 Å². The third kappa shape index (κ3) is 4.76. The molecular formula is C25H25FN2O3. The molecule has 0 saturated carbocycles. The number of halogens is 1. The van der Waals surface area contributed by atoms with E-state index < -0.39 is 6.04 Å². The molecule has 1 aliphatic heterocycles. The van der Waals surface area contributed by atoms with Gasteiger partial charge in [-0.15, -0.1) is 0 Å². The number of hydrogen-bond acceptors (Lipinski definition) is 4. The van der Waals surface area contributed by atoms with Crippen molar-refractivity contribution in [1.82, 2.24) is 4.90 Å². The fraction of sp³-hybridized carbons (Fsp3) is 0.240. The molecule has 0 aromatic heterocycles. The van der Waals surface area contributed by atoms with Crippen molar-refractivity contribution in [2.75, 3.05) is 38.7 Å². The van der Waals surface area contributed by atoms with E-state index in [1.165, 1.54) is 12.1 Å². The van der Waals surface area contributed by atoms with Crippen LogP contribution in [0.5, 0.6) is 5.75 Å². The SMILES string of the molecule is COc1ccccc1-c1ccccc1NC(=O)C(c1ccc(F)cc1)N1CCOCC1. The molecule has 1 heterocycles. The molecule has 0 aliphatic carbocycles. The van der Waals surface area contributed by atoms with E-state index in [2.05, 4.69) is 10.2 Å². The number of benzene rings is 3. The van der Waals surface area contributed by atoms with Crippen LogP contribution in [0.4, 0.5) is 10.1 Å². The number of methoxy groups -OCH3 is 1. The molecule has 1 fully saturated rings. The maximum absolute atomic E-state index is 13.5. The summed E-state index contributed by atoms with van der Waals surface area (Å²) in [6.45, 7) is 2.37. The van der Waals surface area contributed by atoms with Crippen molar-refractivity contribution in [3.05, 3.63) is 84.2 Å². The predicted octanol–water partition coefficient (Wildman–Crippen LogP) is 4.51. The zero-order chi connectivity index (χ0) is 21.6. The monoisotopic (exact) mass is 420 g/mol. The van der Waals surface area contributed by atoms with Gasteiger partial charge in [0.2, 0.25) is 5.91 Å². The average molecular weight is 420 g/mol. The van der Waals surface area contributed by atoms with Gasteiger partial charge >= 0.3 is 0 Å². The molecule has 3 aromatic rings. The quantitative estimate of drug-likeness (QED) is 0.637. The van der Waals surface area contributed by atoms with Gasteiger partial charge in [-0.25, -0.2) is 4.39 Å². The number of nitrogens with one attached hydrogen (secondary N) is 1. The number of ether oxygens (including phenoxy) is 2. The topological polar surface area (TPSA) is 50.8 Å². The Hall–Kier alpha value is -3.22. The van der Waals surface area contributed by atoms with Crippen LogP contribution >= 0.6 is 0 Å². The Labute approximate surface area is 181 Å². The van der Waals surface area contributed by atoms with Crippen molar-refractivity contribution in [1.29, 1.82) is 0 Å². The van der Waals surface area contributed by atoms with Gasteiger partial charge in [-0.1, -0.05) is 48.5 Å². The predicted molar refractivity (Wildman–Crippen MR) is 119 cm³/mol. The smallest absolute Gasteiger partial charge is 0.246 e. The Morgan fingerprint density at radius 2 is 1.61 bits per heavy atom. The first-order valence-electron chi connectivity index (χ1n) is 10.3. The standard InChI is InChI=1S/C25H25FN2O3/c1-30-23-9-5-3-7-21(23)20-6-2-4-8-22(20)27-25(29)24(28-14-16-31-17-15-28)18-10-12-19(26)13-11-18/h2-13,24H,14-17H2,1H3,(H,27,29). The highest BCUT2D eigenvalue weighted by Crippen LogP contribution is 2.35. The zero-order valence-electron chi connectivity index (χ0n) is 17.4. The van der Waals surface area contributed by atoms with Crippen LogP contribution in [0, 0.1) is 5.82 Å². The van der Waals surface area contributed by atoms with Crippen LogP contribution in [0.15, 0.2) is 72.8 Å². The fourth-order valence-corrected chi connectivity index (χ4v) is 3.90. The Balaban J connectivity index is 1.67. The Kier molecular flexibility index (Phi) is 6.60. The summed E-state index contributed by atoms with van der Waals surface area (Å²) in [4.78, 5) is 15.6. The van der Waals surface area contributed by atoms with E-state index in [1.54, 1.807) is 19.2 Å². The van der Waals surface area contributed by atoms with Crippen molar-refractivity contribution < 1.29 is 18.7 Å². The lowest BCUT2D eigenvalue weighted by molar-refractivity contribution is -0.123. The lowest BCUT2D eigenvalue weighted by Gasteiger charge is -2.34. The minimum absolute atomic E-state index is 0.171.